The summed E-state index contributed by atoms with van der Waals surface area (Å²) in [7, 11) is -3.73. The maximum Gasteiger partial charge on any atom is 0.309 e. The van der Waals surface area contributed by atoms with Crippen LogP contribution >= 0.6 is 15.9 Å². The molecule has 1 saturated heterocycles. The first kappa shape index (κ1) is 20.8. The zero-order valence-electron chi connectivity index (χ0n) is 16.4. The van der Waals surface area contributed by atoms with Crippen LogP contribution in [-0.2, 0) is 30.8 Å². The van der Waals surface area contributed by atoms with E-state index in [1.54, 1.807) is 17.9 Å². The monoisotopic (exact) mass is 484 g/mol. The van der Waals surface area contributed by atoms with Crippen molar-refractivity contribution in [2.45, 2.75) is 43.9 Å². The van der Waals surface area contributed by atoms with Gasteiger partial charge >= 0.3 is 5.97 Å². The molecule has 3 aliphatic rings. The van der Waals surface area contributed by atoms with E-state index in [1.165, 1.54) is 4.31 Å². The second kappa shape index (κ2) is 8.00. The lowest BCUT2D eigenvalue weighted by Gasteiger charge is -2.30. The quantitative estimate of drug-likeness (QED) is 0.599. The Morgan fingerprint density at radius 1 is 1.10 bits per heavy atom. The minimum atomic E-state index is -3.73. The third-order valence-electron chi connectivity index (χ3n) is 5.91. The number of esters is 1. The largest absolute Gasteiger partial charge is 0.466 e. The first-order chi connectivity index (χ1) is 13.8. The number of carbonyl (C=O) groups is 2. The number of ether oxygens (including phenoxy) is 1. The highest BCUT2D eigenvalue weighted by Gasteiger charge is 2.39. The topological polar surface area (TPSA) is 84.0 Å². The SMILES string of the molecule is CCOC(=O)C1CCN(S(=O)(=O)c2cc3c(cc2Br)CCN3C(=O)C2CC2)CC1. The van der Waals surface area contributed by atoms with Crippen LogP contribution in [0.15, 0.2) is 21.5 Å². The molecule has 1 saturated carbocycles. The molecule has 1 aliphatic carbocycles. The number of amides is 1. The smallest absolute Gasteiger partial charge is 0.309 e. The minimum absolute atomic E-state index is 0.0894. The van der Waals surface area contributed by atoms with Crippen molar-refractivity contribution >= 4 is 43.5 Å². The summed E-state index contributed by atoms with van der Waals surface area (Å²) in [6.07, 6.45) is 3.47. The van der Waals surface area contributed by atoms with Crippen molar-refractivity contribution in [3.63, 3.8) is 0 Å². The normalized spacial score (nSPS) is 20.6. The molecule has 2 aliphatic heterocycles. The van der Waals surface area contributed by atoms with E-state index in [9.17, 15) is 18.0 Å². The van der Waals surface area contributed by atoms with Gasteiger partial charge in [0.2, 0.25) is 15.9 Å². The Balaban J connectivity index is 1.56. The predicted molar refractivity (Wildman–Crippen MR) is 111 cm³/mol. The van der Waals surface area contributed by atoms with Crippen molar-refractivity contribution in [2.75, 3.05) is 31.1 Å². The highest BCUT2D eigenvalue weighted by molar-refractivity contribution is 9.10. The number of nitrogens with zero attached hydrogens (tertiary/aromatic N) is 2. The maximum atomic E-state index is 13.3. The van der Waals surface area contributed by atoms with Gasteiger partial charge in [-0.1, -0.05) is 0 Å². The summed E-state index contributed by atoms with van der Waals surface area (Å²) >= 11 is 3.42. The molecule has 0 N–H and O–H groups in total. The molecular weight excluding hydrogens is 460 g/mol. The van der Waals surface area contributed by atoms with Gasteiger partial charge in [0.05, 0.1) is 17.4 Å². The molecule has 29 heavy (non-hydrogen) atoms. The van der Waals surface area contributed by atoms with E-state index in [-0.39, 0.29) is 41.7 Å². The number of hydrogen-bond donors (Lipinski definition) is 0. The van der Waals surface area contributed by atoms with Crippen LogP contribution in [-0.4, -0.2) is 50.8 Å². The Morgan fingerprint density at radius 3 is 2.41 bits per heavy atom. The molecule has 9 heteroatoms. The molecule has 1 amide bonds. The lowest BCUT2D eigenvalue weighted by molar-refractivity contribution is -0.149. The van der Waals surface area contributed by atoms with Crippen LogP contribution < -0.4 is 4.90 Å². The number of rotatable bonds is 5. The van der Waals surface area contributed by atoms with Crippen molar-refractivity contribution in [1.82, 2.24) is 4.31 Å². The second-order valence-corrected chi connectivity index (χ2v) is 10.6. The summed E-state index contributed by atoms with van der Waals surface area (Å²) in [6, 6.07) is 3.47. The van der Waals surface area contributed by atoms with E-state index in [4.69, 9.17) is 4.74 Å². The van der Waals surface area contributed by atoms with Gasteiger partial charge in [0.25, 0.3) is 0 Å². The van der Waals surface area contributed by atoms with E-state index < -0.39 is 10.0 Å². The summed E-state index contributed by atoms with van der Waals surface area (Å²) in [4.78, 5) is 26.4. The van der Waals surface area contributed by atoms with Gasteiger partial charge in [-0.05, 0) is 72.7 Å². The molecule has 158 valence electrons. The van der Waals surface area contributed by atoms with Gasteiger partial charge in [0.1, 0.15) is 0 Å². The van der Waals surface area contributed by atoms with Gasteiger partial charge in [-0.15, -0.1) is 0 Å². The summed E-state index contributed by atoms with van der Waals surface area (Å²) in [5, 5.41) is 0. The van der Waals surface area contributed by atoms with Crippen LogP contribution in [0.25, 0.3) is 0 Å². The van der Waals surface area contributed by atoms with Gasteiger partial charge in [-0.3, -0.25) is 9.59 Å². The highest BCUT2D eigenvalue weighted by atomic mass is 79.9. The number of piperidine rings is 1. The average Bonchev–Trinajstić information content (AvgIpc) is 3.47. The number of sulfonamides is 1. The standard InChI is InChI=1S/C20H25BrN2O5S/c1-2-28-20(25)14-5-8-22(9-6-14)29(26,27)18-12-17-15(11-16(18)21)7-10-23(17)19(24)13-3-4-13/h11-14H,2-10H2,1H3. The van der Waals surface area contributed by atoms with Gasteiger partial charge in [-0.2, -0.15) is 4.31 Å². The third kappa shape index (κ3) is 3.96. The molecular formula is C20H25BrN2O5S. The summed E-state index contributed by atoms with van der Waals surface area (Å²) < 4.78 is 33.6. The van der Waals surface area contributed by atoms with Crippen LogP contribution in [0, 0.1) is 11.8 Å². The van der Waals surface area contributed by atoms with Crippen LogP contribution in [0.2, 0.25) is 0 Å². The van der Waals surface area contributed by atoms with Gasteiger partial charge in [0, 0.05) is 35.7 Å². The van der Waals surface area contributed by atoms with Crippen molar-refractivity contribution in [3.05, 3.63) is 22.2 Å². The number of benzene rings is 1. The second-order valence-electron chi connectivity index (χ2n) is 7.86. The fourth-order valence-electron chi connectivity index (χ4n) is 4.10. The zero-order chi connectivity index (χ0) is 20.8. The van der Waals surface area contributed by atoms with Crippen LogP contribution in [0.5, 0.6) is 0 Å². The van der Waals surface area contributed by atoms with Crippen molar-refractivity contribution in [2.24, 2.45) is 11.8 Å². The molecule has 0 spiro atoms. The minimum Gasteiger partial charge on any atom is -0.466 e. The molecule has 2 heterocycles. The maximum absolute atomic E-state index is 13.3. The van der Waals surface area contributed by atoms with E-state index in [0.29, 0.717) is 36.2 Å². The molecule has 0 unspecified atom stereocenters. The zero-order valence-corrected chi connectivity index (χ0v) is 18.8. The first-order valence-corrected chi connectivity index (χ1v) is 12.4. The fraction of sp³-hybridized carbons (Fsp3) is 0.600. The van der Waals surface area contributed by atoms with Crippen molar-refractivity contribution in [1.29, 1.82) is 0 Å². The lowest BCUT2D eigenvalue weighted by Crippen LogP contribution is -2.40. The molecule has 0 bridgehead atoms. The van der Waals surface area contributed by atoms with E-state index in [0.717, 1.165) is 24.8 Å². The average molecular weight is 485 g/mol. The Labute approximate surface area is 179 Å². The van der Waals surface area contributed by atoms with Crippen molar-refractivity contribution in [3.8, 4) is 0 Å². The Morgan fingerprint density at radius 2 is 1.79 bits per heavy atom. The summed E-state index contributed by atoms with van der Waals surface area (Å²) in [6.45, 7) is 3.25. The lowest BCUT2D eigenvalue weighted by atomic mass is 9.98. The Hall–Kier alpha value is -1.45. The number of carbonyl (C=O) groups excluding carboxylic acids is 2. The van der Waals surface area contributed by atoms with Crippen LogP contribution in [0.1, 0.15) is 38.2 Å². The van der Waals surface area contributed by atoms with E-state index in [2.05, 4.69) is 15.9 Å². The van der Waals surface area contributed by atoms with Gasteiger partial charge in [-0.25, -0.2) is 8.42 Å². The number of fused-ring (bicyclic) bond motifs is 1. The Bertz CT molecular complexity index is 936. The molecule has 1 aromatic rings. The first-order valence-electron chi connectivity index (χ1n) is 10.1. The van der Waals surface area contributed by atoms with E-state index >= 15 is 0 Å². The van der Waals surface area contributed by atoms with Crippen LogP contribution in [0.4, 0.5) is 5.69 Å². The predicted octanol–water partition coefficient (Wildman–Crippen LogP) is 2.71. The molecule has 0 aromatic heterocycles. The Kier molecular flexibility index (Phi) is 5.74. The number of hydrogen-bond acceptors (Lipinski definition) is 5. The van der Waals surface area contributed by atoms with Gasteiger partial charge < -0.3 is 9.64 Å². The summed E-state index contributed by atoms with van der Waals surface area (Å²) in [5.41, 5.74) is 1.70. The van der Waals surface area contributed by atoms with Gasteiger partial charge in [0.15, 0.2) is 0 Å². The molecule has 7 nitrogen and oxygen atoms in total. The molecule has 2 fully saturated rings. The molecule has 4 rings (SSSR count). The van der Waals surface area contributed by atoms with Crippen molar-refractivity contribution < 1.29 is 22.7 Å². The number of anilines is 1. The van der Waals surface area contributed by atoms with E-state index in [1.807, 2.05) is 6.07 Å². The third-order valence-corrected chi connectivity index (χ3v) is 8.77. The van der Waals surface area contributed by atoms with Crippen LogP contribution in [0.3, 0.4) is 0 Å². The summed E-state index contributed by atoms with van der Waals surface area (Å²) in [5.74, 6) is -0.315. The molecule has 0 atom stereocenters. The molecule has 1 aromatic carbocycles. The highest BCUT2D eigenvalue weighted by Crippen LogP contribution is 2.40. The molecule has 0 radical (unpaired) electrons. The fourth-order valence-corrected chi connectivity index (χ4v) is 6.64. The number of halogens is 1.